The third kappa shape index (κ3) is 4.16. The minimum atomic E-state index is -1.35. The van der Waals surface area contributed by atoms with Gasteiger partial charge in [-0.15, -0.1) is 0 Å². The van der Waals surface area contributed by atoms with Crippen LogP contribution < -0.4 is 5.73 Å². The van der Waals surface area contributed by atoms with E-state index < -0.39 is 36.1 Å². The van der Waals surface area contributed by atoms with Crippen LogP contribution in [0.15, 0.2) is 72.3 Å². The molecule has 2 aromatic rings. The lowest BCUT2D eigenvalue weighted by Crippen LogP contribution is -2.63. The normalized spacial score (nSPS) is 39.6. The summed E-state index contributed by atoms with van der Waals surface area (Å²) in [6.07, 6.45) is 10.4. The van der Waals surface area contributed by atoms with E-state index in [9.17, 15) is 19.8 Å². The highest BCUT2D eigenvalue weighted by atomic mass is 16.7. The Labute approximate surface area is 252 Å². The number of hydrogen-bond acceptors (Lipinski definition) is 6. The molecule has 4 aliphatic carbocycles. The number of carbonyl (C=O) groups excluding carboxylic acids is 2. The number of Topliss-reactive ketones (excluding diaryl/α,β-unsaturated/α-hetero) is 1. The molecular weight excluding hydrogens is 542 g/mol. The van der Waals surface area contributed by atoms with Crippen molar-refractivity contribution in [1.29, 1.82) is 0 Å². The van der Waals surface area contributed by atoms with Gasteiger partial charge >= 0.3 is 5.78 Å². The minimum Gasteiger partial charge on any atom is -0.399 e. The van der Waals surface area contributed by atoms with Gasteiger partial charge in [0.15, 0.2) is 17.7 Å². The maximum Gasteiger partial charge on any atom is 0.339 e. The molecule has 43 heavy (non-hydrogen) atoms. The summed E-state index contributed by atoms with van der Waals surface area (Å²) in [5.41, 5.74) is 8.15. The van der Waals surface area contributed by atoms with Crippen LogP contribution in [0.4, 0.5) is 5.69 Å². The van der Waals surface area contributed by atoms with Crippen molar-refractivity contribution < 1.29 is 29.3 Å². The Morgan fingerprint density at radius 1 is 1.14 bits per heavy atom. The van der Waals surface area contributed by atoms with E-state index >= 15 is 0 Å². The Morgan fingerprint density at radius 2 is 1.91 bits per heavy atom. The average Bonchev–Trinajstić information content (AvgIpc) is 3.49. The Bertz CT molecular complexity index is 1560. The van der Waals surface area contributed by atoms with Gasteiger partial charge in [0, 0.05) is 40.2 Å². The molecular formula is C36H40NO6+. The van der Waals surface area contributed by atoms with Crippen molar-refractivity contribution in [3.05, 3.63) is 89.0 Å². The predicted octanol–water partition coefficient (Wildman–Crippen LogP) is 5.02. The molecule has 0 aromatic heterocycles. The van der Waals surface area contributed by atoms with E-state index in [0.717, 1.165) is 35.1 Å². The molecule has 0 bridgehead atoms. The SMILES string of the molecule is C[C@]12C=CC(=[OH+])C=C1CC[C@@H]1[C@@H]2[C@@H](O)C[C@@]2(C)[C@H]1C[C@H]1O[C@@H](c3ccc(/C=C/c4cccc(N)c4)cc3)O[C@]12C(=O)CO. The lowest BCUT2D eigenvalue weighted by atomic mass is 9.46. The van der Waals surface area contributed by atoms with Gasteiger partial charge in [-0.1, -0.05) is 74.0 Å². The first-order chi connectivity index (χ1) is 20.6. The first-order valence-electron chi connectivity index (χ1n) is 15.3. The second-order valence-electron chi connectivity index (χ2n) is 13.5. The highest BCUT2D eigenvalue weighted by molar-refractivity contribution is 6.02. The molecule has 0 spiro atoms. The number of anilines is 1. The summed E-state index contributed by atoms with van der Waals surface area (Å²) >= 11 is 0. The van der Waals surface area contributed by atoms with Crippen LogP contribution in [0.3, 0.4) is 0 Å². The summed E-state index contributed by atoms with van der Waals surface area (Å²) in [6, 6.07) is 15.6. The molecule has 0 unspecified atom stereocenters. The van der Waals surface area contributed by atoms with Crippen LogP contribution in [-0.2, 0) is 14.3 Å². The highest BCUT2D eigenvalue weighted by Gasteiger charge is 2.75. The molecule has 2 aromatic carbocycles. The van der Waals surface area contributed by atoms with Gasteiger partial charge in [-0.05, 0) is 60.8 Å². The average molecular weight is 583 g/mol. The van der Waals surface area contributed by atoms with Crippen molar-refractivity contribution in [2.24, 2.45) is 28.6 Å². The first kappa shape index (κ1) is 28.4. The monoisotopic (exact) mass is 582 g/mol. The smallest absolute Gasteiger partial charge is 0.339 e. The number of allylic oxidation sites excluding steroid dienone is 4. The van der Waals surface area contributed by atoms with Crippen molar-refractivity contribution in [2.75, 3.05) is 12.3 Å². The number of aliphatic hydroxyl groups excluding tert-OH is 2. The zero-order valence-corrected chi connectivity index (χ0v) is 24.6. The molecule has 5 N–H and O–H groups in total. The van der Waals surface area contributed by atoms with Gasteiger partial charge in [0.25, 0.3) is 0 Å². The summed E-state index contributed by atoms with van der Waals surface area (Å²) in [6.45, 7) is 3.58. The minimum absolute atomic E-state index is 0.0428. The lowest BCUT2D eigenvalue weighted by molar-refractivity contribution is -0.201. The second kappa shape index (κ2) is 10.1. The molecule has 0 radical (unpaired) electrons. The molecule has 7 heteroatoms. The molecule has 7 rings (SSSR count). The maximum absolute atomic E-state index is 13.7. The van der Waals surface area contributed by atoms with Crippen LogP contribution in [0.5, 0.6) is 0 Å². The highest BCUT2D eigenvalue weighted by Crippen LogP contribution is 2.70. The number of ketones is 2. The molecule has 0 amide bonds. The lowest BCUT2D eigenvalue weighted by Gasteiger charge is -2.59. The summed E-state index contributed by atoms with van der Waals surface area (Å²) in [4.78, 5) is 23.9. The number of carbonyl (C=O) groups is 1. The van der Waals surface area contributed by atoms with Crippen molar-refractivity contribution >= 4 is 29.4 Å². The Balaban J connectivity index is 1.17. The number of nitrogen functional groups attached to an aromatic ring is 1. The number of nitrogens with two attached hydrogens (primary N) is 1. The van der Waals surface area contributed by atoms with Crippen LogP contribution >= 0.6 is 0 Å². The van der Waals surface area contributed by atoms with Crippen molar-refractivity contribution in [2.45, 2.75) is 63.6 Å². The Hall–Kier alpha value is -3.36. The van der Waals surface area contributed by atoms with Gasteiger partial charge in [0.1, 0.15) is 6.61 Å². The van der Waals surface area contributed by atoms with E-state index in [1.807, 2.05) is 72.8 Å². The fourth-order valence-corrected chi connectivity index (χ4v) is 9.46. The number of hydrogen-bond donors (Lipinski definition) is 3. The van der Waals surface area contributed by atoms with Gasteiger partial charge in [-0.2, -0.15) is 0 Å². The van der Waals surface area contributed by atoms with Crippen LogP contribution in [0.25, 0.3) is 12.2 Å². The quantitative estimate of drug-likeness (QED) is 0.259. The third-order valence-corrected chi connectivity index (χ3v) is 11.4. The predicted molar refractivity (Wildman–Crippen MR) is 165 cm³/mol. The Morgan fingerprint density at radius 3 is 2.65 bits per heavy atom. The molecule has 4 fully saturated rings. The molecule has 224 valence electrons. The zero-order valence-electron chi connectivity index (χ0n) is 24.6. The maximum atomic E-state index is 13.7. The topological polar surface area (TPSA) is 123 Å². The van der Waals surface area contributed by atoms with Crippen LogP contribution in [0.1, 0.15) is 62.5 Å². The molecule has 1 heterocycles. The van der Waals surface area contributed by atoms with Gasteiger partial charge in [0.2, 0.25) is 0 Å². The first-order valence-corrected chi connectivity index (χ1v) is 15.3. The largest absolute Gasteiger partial charge is 0.399 e. The number of benzene rings is 2. The number of ether oxygens (including phenoxy) is 2. The van der Waals surface area contributed by atoms with E-state index in [1.54, 1.807) is 6.08 Å². The second-order valence-corrected chi connectivity index (χ2v) is 13.5. The zero-order chi connectivity index (χ0) is 30.1. The van der Waals surface area contributed by atoms with Gasteiger partial charge in [-0.25, -0.2) is 0 Å². The molecule has 3 saturated carbocycles. The molecule has 1 aliphatic heterocycles. The van der Waals surface area contributed by atoms with Gasteiger partial charge < -0.3 is 25.4 Å². The van der Waals surface area contributed by atoms with E-state index in [4.69, 9.17) is 15.2 Å². The molecule has 1 saturated heterocycles. The standard InChI is InChI=1S/C36H39NO6/c1-34-15-14-26(39)17-24(34)12-13-27-28-18-31-36(30(41)20-38,35(28,2)19-29(40)32(27)34)43-33(42-31)23-10-8-21(9-11-23)6-7-22-4-3-5-25(37)16-22/h3-11,14-17,27-29,31-33,38,40H,12-13,18-20,37H2,1-2H3/p+1/b7-6+/t27-,28-,29-,31+,32+,33+,34-,35-,36+/m0/s1. The number of aliphatic hydroxyl groups is 2. The fraction of sp³-hybridized carbons (Fsp3) is 0.444. The number of rotatable bonds is 5. The molecule has 5 aliphatic rings. The van der Waals surface area contributed by atoms with Crippen molar-refractivity contribution in [3.8, 4) is 0 Å². The molecule has 9 atom stereocenters. The summed E-state index contributed by atoms with van der Waals surface area (Å²) in [7, 11) is 0. The van der Waals surface area contributed by atoms with Gasteiger partial charge in [-0.3, -0.25) is 9.59 Å². The van der Waals surface area contributed by atoms with E-state index in [1.165, 1.54) is 0 Å². The number of fused-ring (bicyclic) bond motifs is 7. The van der Waals surface area contributed by atoms with E-state index in [-0.39, 0.29) is 34.7 Å². The van der Waals surface area contributed by atoms with Crippen LogP contribution in [-0.4, -0.2) is 51.0 Å². The summed E-state index contributed by atoms with van der Waals surface area (Å²) in [5.74, 6) is 0.0534. The summed E-state index contributed by atoms with van der Waals surface area (Å²) in [5, 5.41) is 22.0. The van der Waals surface area contributed by atoms with Crippen LogP contribution in [0, 0.1) is 28.6 Å². The molecule has 7 nitrogen and oxygen atoms in total. The fourth-order valence-electron chi connectivity index (χ4n) is 9.46. The van der Waals surface area contributed by atoms with Crippen molar-refractivity contribution in [3.63, 3.8) is 0 Å². The third-order valence-electron chi connectivity index (χ3n) is 11.4. The van der Waals surface area contributed by atoms with Crippen molar-refractivity contribution in [1.82, 2.24) is 0 Å². The van der Waals surface area contributed by atoms with Gasteiger partial charge in [0.05, 0.1) is 12.2 Å². The Kier molecular flexibility index (Phi) is 6.67. The van der Waals surface area contributed by atoms with E-state index in [2.05, 4.69) is 13.8 Å². The van der Waals surface area contributed by atoms with Crippen LogP contribution in [0.2, 0.25) is 0 Å². The summed E-state index contributed by atoms with van der Waals surface area (Å²) < 4.78 is 13.3. The van der Waals surface area contributed by atoms with E-state index in [0.29, 0.717) is 18.5 Å².